The molecule has 1 aromatic carbocycles. The van der Waals surface area contributed by atoms with Crippen molar-refractivity contribution in [2.75, 3.05) is 164 Å². The fourth-order valence-electron chi connectivity index (χ4n) is 5.32. The van der Waals surface area contributed by atoms with Gasteiger partial charge in [-0.1, -0.05) is 31.9 Å². The summed E-state index contributed by atoms with van der Waals surface area (Å²) in [4.78, 5) is 11.1. The lowest BCUT2D eigenvalue weighted by molar-refractivity contribution is -0.0257. The summed E-state index contributed by atoms with van der Waals surface area (Å²) in [5.41, 5.74) is 10.1. The Morgan fingerprint density at radius 3 is 1.62 bits per heavy atom. The molecular formula is C40H71N5O11. The predicted molar refractivity (Wildman–Crippen MR) is 216 cm³/mol. The number of hydrogen-bond acceptors (Lipinski definition) is 16. The van der Waals surface area contributed by atoms with Gasteiger partial charge >= 0.3 is 0 Å². The van der Waals surface area contributed by atoms with Crippen LogP contribution >= 0.6 is 0 Å². The number of aromatic nitrogens is 2. The molecule has 4 N–H and O–H groups in total. The summed E-state index contributed by atoms with van der Waals surface area (Å²) in [6, 6.07) is 6.37. The summed E-state index contributed by atoms with van der Waals surface area (Å²) in [5.74, 6) is 1.92. The van der Waals surface area contributed by atoms with Gasteiger partial charge in [-0.15, -0.1) is 0 Å². The van der Waals surface area contributed by atoms with Crippen molar-refractivity contribution in [1.29, 1.82) is 0 Å². The number of nitrogens with two attached hydrogens (primary N) is 1. The van der Waals surface area contributed by atoms with Gasteiger partial charge in [0.05, 0.1) is 133 Å². The summed E-state index contributed by atoms with van der Waals surface area (Å²) in [6.07, 6.45) is 4.06. The van der Waals surface area contributed by atoms with Gasteiger partial charge in [-0.25, -0.2) is 4.98 Å². The van der Waals surface area contributed by atoms with Crippen LogP contribution in [0.4, 0.5) is 11.8 Å². The molecule has 56 heavy (non-hydrogen) atoms. The Hall–Kier alpha value is -2.74. The van der Waals surface area contributed by atoms with Gasteiger partial charge in [-0.05, 0) is 37.6 Å². The quantitative estimate of drug-likeness (QED) is 0.0840. The molecule has 322 valence electrons. The third kappa shape index (κ3) is 24.8. The summed E-state index contributed by atoms with van der Waals surface area (Å²) in [6.45, 7) is 15.6. The minimum atomic E-state index is 0.0228. The molecule has 1 heterocycles. The van der Waals surface area contributed by atoms with Crippen molar-refractivity contribution in [1.82, 2.24) is 14.9 Å². The number of hydrogen-bond donors (Lipinski definition) is 3. The standard InChI is InChI=1S/C40H71N5O11/c1-5-6-7-10-42-39-37(34(2)43-40(41)44-39)32-36-9-8-35(31-38(36)47-4)33-45(3)11-13-48-15-17-50-19-21-52-23-25-54-27-29-56-30-28-55-26-24-53-22-20-51-18-16-49-14-12-46/h8-9,31,46H,5-7,10-30,32-33H2,1-4H3,(H3,41,42,43,44). The van der Waals surface area contributed by atoms with Crippen molar-refractivity contribution >= 4 is 11.8 Å². The first-order chi connectivity index (χ1) is 27.5. The highest BCUT2D eigenvalue weighted by Gasteiger charge is 2.15. The van der Waals surface area contributed by atoms with Gasteiger partial charge < -0.3 is 63.5 Å². The normalized spacial score (nSPS) is 11.5. The highest BCUT2D eigenvalue weighted by molar-refractivity contribution is 5.53. The maximum absolute atomic E-state index is 8.61. The Bertz CT molecular complexity index is 1230. The fourth-order valence-corrected chi connectivity index (χ4v) is 5.32. The van der Waals surface area contributed by atoms with E-state index in [1.54, 1.807) is 7.11 Å². The van der Waals surface area contributed by atoms with Gasteiger partial charge in [-0.2, -0.15) is 4.98 Å². The molecule has 16 heteroatoms. The third-order valence-electron chi connectivity index (χ3n) is 8.30. The lowest BCUT2D eigenvalue weighted by Gasteiger charge is -2.19. The van der Waals surface area contributed by atoms with Crippen LogP contribution in [0.25, 0.3) is 0 Å². The molecule has 2 aromatic rings. The molecule has 0 radical (unpaired) electrons. The van der Waals surface area contributed by atoms with E-state index < -0.39 is 0 Å². The van der Waals surface area contributed by atoms with Crippen LogP contribution in [-0.4, -0.2) is 173 Å². The molecule has 0 saturated carbocycles. The maximum Gasteiger partial charge on any atom is 0.222 e. The third-order valence-corrected chi connectivity index (χ3v) is 8.30. The average Bonchev–Trinajstić information content (AvgIpc) is 3.19. The number of nitrogens with zero attached hydrogens (tertiary/aromatic N) is 3. The summed E-state index contributed by atoms with van der Waals surface area (Å²) < 4.78 is 55.1. The second-order valence-electron chi connectivity index (χ2n) is 12.9. The molecule has 0 amide bonds. The number of rotatable bonds is 39. The Balaban J connectivity index is 1.42. The monoisotopic (exact) mass is 798 g/mol. The van der Waals surface area contributed by atoms with Crippen LogP contribution in [0.3, 0.4) is 0 Å². The highest BCUT2D eigenvalue weighted by atomic mass is 16.6. The van der Waals surface area contributed by atoms with Crippen LogP contribution in [0.15, 0.2) is 18.2 Å². The number of aliphatic hydroxyl groups is 1. The first kappa shape index (κ1) is 49.4. The van der Waals surface area contributed by atoms with Crippen molar-refractivity contribution in [3.05, 3.63) is 40.6 Å². The topological polar surface area (TPSA) is 180 Å². The van der Waals surface area contributed by atoms with E-state index in [0.29, 0.717) is 125 Å². The van der Waals surface area contributed by atoms with Crippen LogP contribution in [0.5, 0.6) is 5.75 Å². The number of aliphatic hydroxyl groups excluding tert-OH is 1. The van der Waals surface area contributed by atoms with E-state index in [1.807, 2.05) is 6.92 Å². The molecular weight excluding hydrogens is 726 g/mol. The molecule has 2 rings (SSSR count). The maximum atomic E-state index is 8.61. The van der Waals surface area contributed by atoms with E-state index in [-0.39, 0.29) is 12.6 Å². The Morgan fingerprint density at radius 1 is 0.679 bits per heavy atom. The molecule has 0 aliphatic rings. The lowest BCUT2D eigenvalue weighted by atomic mass is 10.0. The second-order valence-corrected chi connectivity index (χ2v) is 12.9. The largest absolute Gasteiger partial charge is 0.496 e. The SMILES string of the molecule is CCCCCNc1nc(N)nc(C)c1Cc1ccc(CN(C)CCOCCOCCOCCOCCOCCOCCOCCOCCOCCO)cc1OC. The molecule has 1 aromatic heterocycles. The van der Waals surface area contributed by atoms with Crippen molar-refractivity contribution in [3.63, 3.8) is 0 Å². The van der Waals surface area contributed by atoms with E-state index >= 15 is 0 Å². The first-order valence-corrected chi connectivity index (χ1v) is 20.0. The zero-order chi connectivity index (χ0) is 40.3. The number of nitrogens with one attached hydrogen (secondary N) is 1. The van der Waals surface area contributed by atoms with Gasteiger partial charge in [0.25, 0.3) is 0 Å². The van der Waals surface area contributed by atoms with Crippen LogP contribution in [0, 0.1) is 6.92 Å². The summed E-state index contributed by atoms with van der Waals surface area (Å²) in [5, 5.41) is 12.1. The molecule has 0 aliphatic heterocycles. The van der Waals surface area contributed by atoms with Gasteiger partial charge in [-0.3, -0.25) is 4.90 Å². The Kier molecular flexibility index (Phi) is 30.3. The number of methoxy groups -OCH3 is 1. The number of benzene rings is 1. The van der Waals surface area contributed by atoms with Crippen molar-refractivity contribution < 1.29 is 52.5 Å². The molecule has 16 nitrogen and oxygen atoms in total. The smallest absolute Gasteiger partial charge is 0.222 e. The first-order valence-electron chi connectivity index (χ1n) is 20.0. The fraction of sp³-hybridized carbons (Fsp3) is 0.750. The summed E-state index contributed by atoms with van der Waals surface area (Å²) >= 11 is 0. The molecule has 0 saturated heterocycles. The van der Waals surface area contributed by atoms with Gasteiger partial charge in [0.2, 0.25) is 5.95 Å². The van der Waals surface area contributed by atoms with Gasteiger partial charge in [0.15, 0.2) is 0 Å². The molecule has 0 fully saturated rings. The number of aryl methyl sites for hydroxylation is 1. The van der Waals surface area contributed by atoms with Crippen molar-refractivity contribution in [3.8, 4) is 5.75 Å². The minimum Gasteiger partial charge on any atom is -0.496 e. The molecule has 0 atom stereocenters. The van der Waals surface area contributed by atoms with Crippen molar-refractivity contribution in [2.24, 2.45) is 0 Å². The minimum absolute atomic E-state index is 0.0228. The molecule has 0 spiro atoms. The number of anilines is 2. The predicted octanol–water partition coefficient (Wildman–Crippen LogP) is 3.14. The Morgan fingerprint density at radius 2 is 1.16 bits per heavy atom. The van der Waals surface area contributed by atoms with Crippen molar-refractivity contribution in [2.45, 2.75) is 46.1 Å². The van der Waals surface area contributed by atoms with E-state index in [4.69, 9.17) is 58.2 Å². The average molecular weight is 798 g/mol. The molecule has 0 bridgehead atoms. The van der Waals surface area contributed by atoms with E-state index in [2.05, 4.69) is 52.4 Å². The number of ether oxygens (including phenoxy) is 10. The zero-order valence-corrected chi connectivity index (χ0v) is 34.6. The van der Waals surface area contributed by atoms with E-state index in [9.17, 15) is 0 Å². The number of unbranched alkanes of at least 4 members (excludes halogenated alkanes) is 2. The summed E-state index contributed by atoms with van der Waals surface area (Å²) in [7, 11) is 3.79. The number of likely N-dealkylation sites (N-methyl/N-ethyl adjacent to an activating group) is 1. The zero-order valence-electron chi connectivity index (χ0n) is 34.6. The van der Waals surface area contributed by atoms with Crippen LogP contribution in [0.1, 0.15) is 48.6 Å². The highest BCUT2D eigenvalue weighted by Crippen LogP contribution is 2.28. The van der Waals surface area contributed by atoms with E-state index in [0.717, 1.165) is 66.4 Å². The van der Waals surface area contributed by atoms with Crippen LogP contribution in [-0.2, 0) is 55.6 Å². The van der Waals surface area contributed by atoms with E-state index in [1.165, 1.54) is 6.42 Å². The van der Waals surface area contributed by atoms with Crippen LogP contribution in [0.2, 0.25) is 0 Å². The van der Waals surface area contributed by atoms with Gasteiger partial charge in [0, 0.05) is 37.3 Å². The van der Waals surface area contributed by atoms with Crippen LogP contribution < -0.4 is 15.8 Å². The Labute approximate surface area is 334 Å². The molecule has 0 unspecified atom stereocenters. The second kappa shape index (κ2) is 34.3. The molecule has 0 aliphatic carbocycles. The lowest BCUT2D eigenvalue weighted by Crippen LogP contribution is -2.23. The number of nitrogen functional groups attached to an aromatic ring is 1. The van der Waals surface area contributed by atoms with Gasteiger partial charge in [0.1, 0.15) is 11.6 Å².